The zero-order valence-corrected chi connectivity index (χ0v) is 18.6. The fourth-order valence-corrected chi connectivity index (χ4v) is 4.80. The molecule has 6 heteroatoms. The Labute approximate surface area is 185 Å². The van der Waals surface area contributed by atoms with Gasteiger partial charge in [-0.2, -0.15) is 5.26 Å². The summed E-state index contributed by atoms with van der Waals surface area (Å²) in [5.74, 6) is 0.690. The van der Waals surface area contributed by atoms with Gasteiger partial charge in [0.25, 0.3) is 5.56 Å². The van der Waals surface area contributed by atoms with Crippen molar-refractivity contribution < 1.29 is 4.74 Å². The Bertz CT molecular complexity index is 1360. The lowest BCUT2D eigenvalue weighted by atomic mass is 9.99. The van der Waals surface area contributed by atoms with Gasteiger partial charge in [-0.15, -0.1) is 11.3 Å². The van der Waals surface area contributed by atoms with Crippen molar-refractivity contribution in [2.45, 2.75) is 26.8 Å². The average Bonchev–Trinajstić information content (AvgIpc) is 3.18. The number of ether oxygens (including phenoxy) is 1. The summed E-state index contributed by atoms with van der Waals surface area (Å²) in [6, 6.07) is 15.8. The van der Waals surface area contributed by atoms with Gasteiger partial charge >= 0.3 is 0 Å². The molecule has 0 atom stereocenters. The zero-order valence-electron chi connectivity index (χ0n) is 17.8. The van der Waals surface area contributed by atoms with Crippen LogP contribution in [0.25, 0.3) is 21.3 Å². The van der Waals surface area contributed by atoms with E-state index in [1.807, 2.05) is 23.6 Å². The van der Waals surface area contributed by atoms with Gasteiger partial charge in [-0.05, 0) is 42.7 Å². The van der Waals surface area contributed by atoms with Crippen molar-refractivity contribution in [3.05, 3.63) is 86.3 Å². The number of hydrogen-bond donors (Lipinski definition) is 0. The molecule has 2 aromatic heterocycles. The number of nitriles is 1. The van der Waals surface area contributed by atoms with Crippen LogP contribution in [0, 0.1) is 25.2 Å². The van der Waals surface area contributed by atoms with Crippen molar-refractivity contribution in [2.75, 3.05) is 13.7 Å². The lowest BCUT2D eigenvalue weighted by Crippen LogP contribution is -2.26. The van der Waals surface area contributed by atoms with Crippen LogP contribution in [0.2, 0.25) is 0 Å². The summed E-state index contributed by atoms with van der Waals surface area (Å²) in [6.07, 6.45) is 0.538. The quantitative estimate of drug-likeness (QED) is 0.439. The fraction of sp³-hybridized carbons (Fsp3) is 0.240. The minimum Gasteiger partial charge on any atom is -0.384 e. The number of hydrogen-bond acceptors (Lipinski definition) is 5. The summed E-state index contributed by atoms with van der Waals surface area (Å²) >= 11 is 1.50. The van der Waals surface area contributed by atoms with E-state index in [1.165, 1.54) is 16.9 Å². The van der Waals surface area contributed by atoms with E-state index in [0.29, 0.717) is 36.3 Å². The predicted octanol–water partition coefficient (Wildman–Crippen LogP) is 4.85. The number of methoxy groups -OCH3 is 1. The molecule has 0 aliphatic carbocycles. The van der Waals surface area contributed by atoms with Crippen LogP contribution in [0.5, 0.6) is 0 Å². The second-order valence-electron chi connectivity index (χ2n) is 7.62. The molecule has 2 heterocycles. The Balaban J connectivity index is 1.91. The molecule has 0 amide bonds. The maximum atomic E-state index is 13.7. The maximum Gasteiger partial charge on any atom is 0.263 e. The molecule has 5 nitrogen and oxygen atoms in total. The minimum absolute atomic E-state index is 0.0605. The van der Waals surface area contributed by atoms with E-state index in [-0.39, 0.29) is 5.56 Å². The van der Waals surface area contributed by atoms with Gasteiger partial charge in [-0.25, -0.2) is 4.98 Å². The Kier molecular flexibility index (Phi) is 5.99. The Morgan fingerprint density at radius 1 is 1.16 bits per heavy atom. The summed E-state index contributed by atoms with van der Waals surface area (Å²) in [7, 11) is 1.64. The van der Waals surface area contributed by atoms with E-state index < -0.39 is 0 Å². The second kappa shape index (κ2) is 8.84. The van der Waals surface area contributed by atoms with E-state index in [4.69, 9.17) is 9.72 Å². The van der Waals surface area contributed by atoms with Crippen LogP contribution < -0.4 is 5.56 Å². The van der Waals surface area contributed by atoms with Crippen molar-refractivity contribution in [1.29, 1.82) is 5.26 Å². The topological polar surface area (TPSA) is 67.9 Å². The van der Waals surface area contributed by atoms with Crippen LogP contribution in [0.15, 0.2) is 52.6 Å². The van der Waals surface area contributed by atoms with Gasteiger partial charge in [0, 0.05) is 24.5 Å². The molecule has 0 radical (unpaired) electrons. The third-order valence-electron chi connectivity index (χ3n) is 5.37. The van der Waals surface area contributed by atoms with Crippen molar-refractivity contribution in [3.8, 4) is 17.2 Å². The summed E-state index contributed by atoms with van der Waals surface area (Å²) in [5, 5.41) is 11.9. The molecule has 0 aliphatic heterocycles. The van der Waals surface area contributed by atoms with Gasteiger partial charge in [0.1, 0.15) is 10.7 Å². The number of aromatic nitrogens is 2. The number of nitrogens with zero attached hydrogens (tertiary/aromatic N) is 3. The molecule has 0 saturated heterocycles. The Morgan fingerprint density at radius 3 is 2.74 bits per heavy atom. The molecule has 2 aromatic carbocycles. The molecular formula is C25H23N3O2S. The molecule has 0 saturated carbocycles. The monoisotopic (exact) mass is 429 g/mol. The van der Waals surface area contributed by atoms with Crippen molar-refractivity contribution in [3.63, 3.8) is 0 Å². The minimum atomic E-state index is -0.0605. The SMILES string of the molecule is COCCc1nc2scc(-c3ccc(C)cc3C)c2c(=O)n1Cc1cccc(C#N)c1. The summed E-state index contributed by atoms with van der Waals surface area (Å²) in [6.45, 7) is 4.97. The highest BCUT2D eigenvalue weighted by atomic mass is 32.1. The third-order valence-corrected chi connectivity index (χ3v) is 6.24. The fourth-order valence-electron chi connectivity index (χ4n) is 3.85. The maximum absolute atomic E-state index is 13.7. The van der Waals surface area contributed by atoms with Crippen LogP contribution in [0.1, 0.15) is 28.1 Å². The molecule has 0 spiro atoms. The van der Waals surface area contributed by atoms with Crippen molar-refractivity contribution in [1.82, 2.24) is 9.55 Å². The highest BCUT2D eigenvalue weighted by Gasteiger charge is 2.18. The van der Waals surface area contributed by atoms with Crippen molar-refractivity contribution in [2.24, 2.45) is 0 Å². The van der Waals surface area contributed by atoms with Gasteiger partial charge in [0.2, 0.25) is 0 Å². The second-order valence-corrected chi connectivity index (χ2v) is 8.48. The number of benzene rings is 2. The first-order chi connectivity index (χ1) is 15.0. The van der Waals surface area contributed by atoms with Gasteiger partial charge in [0.15, 0.2) is 0 Å². The number of thiophene rings is 1. The lowest BCUT2D eigenvalue weighted by molar-refractivity contribution is 0.199. The molecule has 0 fully saturated rings. The van der Waals surface area contributed by atoms with Gasteiger partial charge in [-0.3, -0.25) is 9.36 Å². The normalized spacial score (nSPS) is 11.0. The molecule has 4 rings (SSSR count). The molecule has 0 N–H and O–H groups in total. The van der Waals surface area contributed by atoms with Gasteiger partial charge in [-0.1, -0.05) is 35.9 Å². The van der Waals surface area contributed by atoms with Crippen LogP contribution >= 0.6 is 11.3 Å². The molecular weight excluding hydrogens is 406 g/mol. The Morgan fingerprint density at radius 2 is 2.00 bits per heavy atom. The van der Waals surface area contributed by atoms with E-state index in [0.717, 1.165) is 27.1 Å². The average molecular weight is 430 g/mol. The first-order valence-corrected chi connectivity index (χ1v) is 11.0. The van der Waals surface area contributed by atoms with Crippen molar-refractivity contribution >= 4 is 21.6 Å². The Hall–Kier alpha value is -3.27. The molecule has 0 aliphatic rings. The van der Waals surface area contributed by atoms with Crippen LogP contribution in [-0.2, 0) is 17.7 Å². The number of fused-ring (bicyclic) bond motifs is 1. The summed E-state index contributed by atoms with van der Waals surface area (Å²) in [5.41, 5.74) is 5.71. The van der Waals surface area contributed by atoms with Crippen LogP contribution in [0.3, 0.4) is 0 Å². The molecule has 0 bridgehead atoms. The summed E-state index contributed by atoms with van der Waals surface area (Å²) in [4.78, 5) is 19.3. The van der Waals surface area contributed by atoms with E-state index in [1.54, 1.807) is 17.7 Å². The van der Waals surface area contributed by atoms with E-state index in [2.05, 4.69) is 38.1 Å². The molecule has 4 aromatic rings. The smallest absolute Gasteiger partial charge is 0.263 e. The van der Waals surface area contributed by atoms with Gasteiger partial charge in [0.05, 0.1) is 30.2 Å². The highest BCUT2D eigenvalue weighted by Crippen LogP contribution is 2.33. The zero-order chi connectivity index (χ0) is 22.0. The number of aryl methyl sites for hydroxylation is 2. The van der Waals surface area contributed by atoms with Crippen LogP contribution in [0.4, 0.5) is 0 Å². The standard InChI is InChI=1S/C25H23N3O2S/c1-16-7-8-20(17(2)11-16)21-15-31-24-23(21)25(29)28(22(27-24)9-10-30-3)14-19-6-4-5-18(12-19)13-26/h4-8,11-12,15H,9-10,14H2,1-3H3. The summed E-state index contributed by atoms with van der Waals surface area (Å²) < 4.78 is 6.97. The predicted molar refractivity (Wildman–Crippen MR) is 125 cm³/mol. The van der Waals surface area contributed by atoms with Crippen LogP contribution in [-0.4, -0.2) is 23.3 Å². The number of rotatable bonds is 6. The molecule has 0 unspecified atom stereocenters. The van der Waals surface area contributed by atoms with Gasteiger partial charge < -0.3 is 4.74 Å². The molecule has 156 valence electrons. The highest BCUT2D eigenvalue weighted by molar-refractivity contribution is 7.17. The first kappa shape index (κ1) is 21.0. The lowest BCUT2D eigenvalue weighted by Gasteiger charge is -2.14. The third kappa shape index (κ3) is 4.15. The van der Waals surface area contributed by atoms with E-state index in [9.17, 15) is 10.1 Å². The first-order valence-electron chi connectivity index (χ1n) is 10.1. The van der Waals surface area contributed by atoms with E-state index >= 15 is 0 Å². The largest absolute Gasteiger partial charge is 0.384 e. The molecule has 31 heavy (non-hydrogen) atoms.